The smallest absolute Gasteiger partial charge is 0.306 e. The molecule has 1 atom stereocenters. The molecule has 1 N–H and O–H groups in total. The van der Waals surface area contributed by atoms with E-state index >= 15 is 0 Å². The molecular formula is C14H18ClNO3S. The molecule has 6 heteroatoms. The van der Waals surface area contributed by atoms with Crippen molar-refractivity contribution in [3.63, 3.8) is 0 Å². The van der Waals surface area contributed by atoms with Gasteiger partial charge in [0.1, 0.15) is 0 Å². The number of amides is 1. The largest absolute Gasteiger partial charge is 0.469 e. The first-order valence-electron chi connectivity index (χ1n) is 6.17. The number of carbonyl (C=O) groups is 2. The summed E-state index contributed by atoms with van der Waals surface area (Å²) in [7, 11) is 1.36. The van der Waals surface area contributed by atoms with Crippen LogP contribution < -0.4 is 5.32 Å². The highest BCUT2D eigenvalue weighted by atomic mass is 35.5. The molecule has 0 aromatic heterocycles. The van der Waals surface area contributed by atoms with Crippen LogP contribution in [0.25, 0.3) is 0 Å². The van der Waals surface area contributed by atoms with Gasteiger partial charge in [-0.25, -0.2) is 0 Å². The molecule has 1 amide bonds. The lowest BCUT2D eigenvalue weighted by Gasteiger charge is -2.11. The van der Waals surface area contributed by atoms with Crippen LogP contribution in [0, 0.1) is 6.92 Å². The van der Waals surface area contributed by atoms with E-state index in [1.54, 1.807) is 12.1 Å². The molecule has 1 unspecified atom stereocenters. The number of thioether (sulfide) groups is 1. The molecule has 0 bridgehead atoms. The van der Waals surface area contributed by atoms with E-state index < -0.39 is 0 Å². The molecule has 0 spiro atoms. The highest BCUT2D eigenvalue weighted by Gasteiger charge is 2.12. The van der Waals surface area contributed by atoms with Crippen molar-refractivity contribution >= 4 is 40.9 Å². The fraction of sp³-hybridized carbons (Fsp3) is 0.429. The number of halogens is 1. The molecule has 4 nitrogen and oxygen atoms in total. The summed E-state index contributed by atoms with van der Waals surface area (Å²) in [6.45, 7) is 3.74. The molecular weight excluding hydrogens is 298 g/mol. The van der Waals surface area contributed by atoms with Crippen LogP contribution in [0.5, 0.6) is 0 Å². The molecule has 0 saturated carbocycles. The molecule has 1 rings (SSSR count). The summed E-state index contributed by atoms with van der Waals surface area (Å²) < 4.78 is 4.58. The number of ether oxygens (including phenoxy) is 1. The van der Waals surface area contributed by atoms with Crippen LogP contribution in [-0.4, -0.2) is 30.0 Å². The minimum Gasteiger partial charge on any atom is -0.469 e. The Morgan fingerprint density at radius 1 is 1.45 bits per heavy atom. The van der Waals surface area contributed by atoms with E-state index in [1.165, 1.54) is 18.9 Å². The Labute approximate surface area is 128 Å². The van der Waals surface area contributed by atoms with Gasteiger partial charge in [-0.3, -0.25) is 9.59 Å². The first kappa shape index (κ1) is 16.9. The second-order valence-electron chi connectivity index (χ2n) is 4.36. The quantitative estimate of drug-likeness (QED) is 0.819. The molecule has 0 aliphatic heterocycles. The molecule has 0 aliphatic carbocycles. The standard InChI is InChI=1S/C14H18ClNO3S/c1-9(7-14(18)19-3)20-8-13(17)16-12-6-4-5-11(15)10(12)2/h4-6,9H,7-8H2,1-3H3,(H,16,17). The number of esters is 1. The topological polar surface area (TPSA) is 55.4 Å². The van der Waals surface area contributed by atoms with Gasteiger partial charge in [0, 0.05) is 16.0 Å². The fourth-order valence-electron chi connectivity index (χ4n) is 1.52. The summed E-state index contributed by atoms with van der Waals surface area (Å²) in [4.78, 5) is 22.9. The lowest BCUT2D eigenvalue weighted by Crippen LogP contribution is -2.17. The third-order valence-corrected chi connectivity index (χ3v) is 4.30. The number of hydrogen-bond donors (Lipinski definition) is 1. The number of anilines is 1. The molecule has 0 saturated heterocycles. The lowest BCUT2D eigenvalue weighted by molar-refractivity contribution is -0.140. The van der Waals surface area contributed by atoms with E-state index in [0.717, 1.165) is 5.56 Å². The van der Waals surface area contributed by atoms with Crippen molar-refractivity contribution in [1.82, 2.24) is 0 Å². The van der Waals surface area contributed by atoms with Crippen molar-refractivity contribution in [2.75, 3.05) is 18.2 Å². The molecule has 0 radical (unpaired) electrons. The zero-order valence-corrected chi connectivity index (χ0v) is 13.3. The van der Waals surface area contributed by atoms with Crippen LogP contribution >= 0.6 is 23.4 Å². The van der Waals surface area contributed by atoms with E-state index in [0.29, 0.717) is 17.1 Å². The number of benzene rings is 1. The van der Waals surface area contributed by atoms with E-state index in [9.17, 15) is 9.59 Å². The SMILES string of the molecule is COC(=O)CC(C)SCC(=O)Nc1cccc(Cl)c1C. The Hall–Kier alpha value is -1.20. The van der Waals surface area contributed by atoms with E-state index in [4.69, 9.17) is 11.6 Å². The predicted molar refractivity (Wildman–Crippen MR) is 83.4 cm³/mol. The Morgan fingerprint density at radius 3 is 2.80 bits per heavy atom. The second kappa shape index (κ2) is 8.17. The van der Waals surface area contributed by atoms with Crippen molar-refractivity contribution < 1.29 is 14.3 Å². The number of rotatable bonds is 6. The van der Waals surface area contributed by atoms with Crippen molar-refractivity contribution in [2.45, 2.75) is 25.5 Å². The monoisotopic (exact) mass is 315 g/mol. The molecule has 0 fully saturated rings. The fourth-order valence-corrected chi connectivity index (χ4v) is 2.46. The minimum absolute atomic E-state index is 0.0358. The third-order valence-electron chi connectivity index (χ3n) is 2.72. The van der Waals surface area contributed by atoms with E-state index in [1.807, 2.05) is 19.9 Å². The van der Waals surface area contributed by atoms with Crippen LogP contribution in [0.1, 0.15) is 18.9 Å². The van der Waals surface area contributed by atoms with Gasteiger partial charge in [0.2, 0.25) is 5.91 Å². The van der Waals surface area contributed by atoms with Gasteiger partial charge in [0.15, 0.2) is 0 Å². The Morgan fingerprint density at radius 2 is 2.15 bits per heavy atom. The lowest BCUT2D eigenvalue weighted by atomic mass is 10.2. The van der Waals surface area contributed by atoms with Gasteiger partial charge in [0.25, 0.3) is 0 Å². The number of methoxy groups -OCH3 is 1. The Balaban J connectivity index is 2.44. The summed E-state index contributed by atoms with van der Waals surface area (Å²) in [5.74, 6) is -0.0995. The minimum atomic E-state index is -0.268. The normalized spacial score (nSPS) is 11.8. The summed E-state index contributed by atoms with van der Waals surface area (Å²) in [6.07, 6.45) is 0.296. The van der Waals surface area contributed by atoms with Crippen molar-refractivity contribution in [2.24, 2.45) is 0 Å². The first-order chi connectivity index (χ1) is 9.43. The summed E-state index contributed by atoms with van der Waals surface area (Å²) in [5.41, 5.74) is 1.55. The predicted octanol–water partition coefficient (Wildman–Crippen LogP) is 3.27. The van der Waals surface area contributed by atoms with Crippen LogP contribution in [-0.2, 0) is 14.3 Å². The maximum atomic E-state index is 11.8. The van der Waals surface area contributed by atoms with Gasteiger partial charge in [-0.1, -0.05) is 24.6 Å². The van der Waals surface area contributed by atoms with Gasteiger partial charge in [0.05, 0.1) is 19.3 Å². The summed E-state index contributed by atoms with van der Waals surface area (Å²) in [6, 6.07) is 5.37. The van der Waals surface area contributed by atoms with E-state index in [2.05, 4.69) is 10.1 Å². The average molecular weight is 316 g/mol. The van der Waals surface area contributed by atoms with Crippen molar-refractivity contribution in [3.05, 3.63) is 28.8 Å². The van der Waals surface area contributed by atoms with Crippen LogP contribution in [0.3, 0.4) is 0 Å². The molecule has 20 heavy (non-hydrogen) atoms. The van der Waals surface area contributed by atoms with Gasteiger partial charge in [-0.2, -0.15) is 0 Å². The highest BCUT2D eigenvalue weighted by molar-refractivity contribution is 8.00. The average Bonchev–Trinajstić information content (AvgIpc) is 2.41. The van der Waals surface area contributed by atoms with Crippen LogP contribution in [0.15, 0.2) is 18.2 Å². The third kappa shape index (κ3) is 5.43. The second-order valence-corrected chi connectivity index (χ2v) is 6.20. The van der Waals surface area contributed by atoms with Crippen molar-refractivity contribution in [1.29, 1.82) is 0 Å². The maximum absolute atomic E-state index is 11.8. The zero-order chi connectivity index (χ0) is 15.1. The number of nitrogens with one attached hydrogen (secondary N) is 1. The van der Waals surface area contributed by atoms with Gasteiger partial charge >= 0.3 is 5.97 Å². The van der Waals surface area contributed by atoms with E-state index in [-0.39, 0.29) is 22.9 Å². The summed E-state index contributed by atoms with van der Waals surface area (Å²) >= 11 is 7.40. The Kier molecular flexibility index (Phi) is 6.88. The van der Waals surface area contributed by atoms with Gasteiger partial charge < -0.3 is 10.1 Å². The van der Waals surface area contributed by atoms with Gasteiger partial charge in [-0.05, 0) is 24.6 Å². The van der Waals surface area contributed by atoms with Crippen LogP contribution in [0.4, 0.5) is 5.69 Å². The maximum Gasteiger partial charge on any atom is 0.306 e. The molecule has 0 heterocycles. The van der Waals surface area contributed by atoms with Crippen molar-refractivity contribution in [3.8, 4) is 0 Å². The zero-order valence-electron chi connectivity index (χ0n) is 11.7. The molecule has 110 valence electrons. The molecule has 0 aliphatic rings. The Bertz CT molecular complexity index is 493. The first-order valence-corrected chi connectivity index (χ1v) is 7.60. The number of hydrogen-bond acceptors (Lipinski definition) is 4. The molecule has 1 aromatic rings. The van der Waals surface area contributed by atoms with Gasteiger partial charge in [-0.15, -0.1) is 11.8 Å². The van der Waals surface area contributed by atoms with Crippen LogP contribution in [0.2, 0.25) is 5.02 Å². The molecule has 1 aromatic carbocycles. The summed E-state index contributed by atoms with van der Waals surface area (Å²) in [5, 5.41) is 3.47. The number of carbonyl (C=O) groups excluding carboxylic acids is 2. The highest BCUT2D eigenvalue weighted by Crippen LogP contribution is 2.23.